The highest BCUT2D eigenvalue weighted by Crippen LogP contribution is 2.30. The second-order valence-electron chi connectivity index (χ2n) is 6.02. The number of hydrogen-bond acceptors (Lipinski definition) is 2. The average molecular weight is 261 g/mol. The fourth-order valence-electron chi connectivity index (χ4n) is 3.39. The van der Waals surface area contributed by atoms with Gasteiger partial charge in [0.2, 0.25) is 0 Å². The molecule has 0 aromatic heterocycles. The van der Waals surface area contributed by atoms with Crippen LogP contribution in [0.3, 0.4) is 0 Å². The highest BCUT2D eigenvalue weighted by Gasteiger charge is 2.22. The molecule has 0 bridgehead atoms. The minimum atomic E-state index is 0. The lowest BCUT2D eigenvalue weighted by molar-refractivity contribution is 0.150. The maximum atomic E-state index is 3.47. The number of nitrogens with zero attached hydrogens (tertiary/aromatic N) is 1. The van der Waals surface area contributed by atoms with E-state index in [1.807, 2.05) is 0 Å². The molecule has 1 saturated carbocycles. The van der Waals surface area contributed by atoms with Crippen LogP contribution < -0.4 is 5.32 Å². The SMILES string of the molecule is CC1CCCC(CCN2CCNCC2C)C1.Cl. The van der Waals surface area contributed by atoms with Gasteiger partial charge in [-0.1, -0.05) is 26.2 Å². The quantitative estimate of drug-likeness (QED) is 0.840. The van der Waals surface area contributed by atoms with Gasteiger partial charge in [-0.3, -0.25) is 4.90 Å². The third kappa shape index (κ3) is 4.76. The van der Waals surface area contributed by atoms with E-state index >= 15 is 0 Å². The molecule has 0 aromatic carbocycles. The zero-order valence-corrected chi connectivity index (χ0v) is 12.3. The van der Waals surface area contributed by atoms with Gasteiger partial charge in [0.1, 0.15) is 0 Å². The summed E-state index contributed by atoms with van der Waals surface area (Å²) in [5.41, 5.74) is 0. The molecule has 1 aliphatic carbocycles. The minimum Gasteiger partial charge on any atom is -0.314 e. The van der Waals surface area contributed by atoms with E-state index in [0.29, 0.717) is 0 Å². The minimum absolute atomic E-state index is 0. The summed E-state index contributed by atoms with van der Waals surface area (Å²) in [6.07, 6.45) is 7.36. The van der Waals surface area contributed by atoms with Crippen molar-refractivity contribution in [3.05, 3.63) is 0 Å². The van der Waals surface area contributed by atoms with Crippen LogP contribution in [0.1, 0.15) is 46.0 Å². The molecule has 2 fully saturated rings. The summed E-state index contributed by atoms with van der Waals surface area (Å²) in [5, 5.41) is 3.47. The third-order valence-electron chi connectivity index (χ3n) is 4.51. The van der Waals surface area contributed by atoms with Crippen LogP contribution >= 0.6 is 12.4 Å². The highest BCUT2D eigenvalue weighted by molar-refractivity contribution is 5.85. The van der Waals surface area contributed by atoms with Crippen molar-refractivity contribution >= 4 is 12.4 Å². The van der Waals surface area contributed by atoms with Gasteiger partial charge >= 0.3 is 0 Å². The number of hydrogen-bond donors (Lipinski definition) is 1. The molecule has 0 amide bonds. The summed E-state index contributed by atoms with van der Waals surface area (Å²) in [7, 11) is 0. The molecule has 2 aliphatic rings. The molecule has 1 saturated heterocycles. The zero-order valence-electron chi connectivity index (χ0n) is 11.5. The molecule has 1 aliphatic heterocycles. The van der Waals surface area contributed by atoms with E-state index in [9.17, 15) is 0 Å². The molecular formula is C14H29ClN2. The predicted octanol–water partition coefficient (Wildman–Crippen LogP) is 2.92. The standard InChI is InChI=1S/C14H28N2.ClH/c1-12-4-3-5-14(10-12)6-8-16-9-7-15-11-13(16)2;/h12-15H,3-11H2,1-2H3;1H. The van der Waals surface area contributed by atoms with Gasteiger partial charge < -0.3 is 5.32 Å². The fraction of sp³-hybridized carbons (Fsp3) is 1.00. The van der Waals surface area contributed by atoms with Crippen LogP contribution in [-0.4, -0.2) is 37.1 Å². The molecule has 3 atom stereocenters. The second kappa shape index (κ2) is 7.60. The van der Waals surface area contributed by atoms with Gasteiger partial charge in [-0.15, -0.1) is 12.4 Å². The summed E-state index contributed by atoms with van der Waals surface area (Å²) in [4.78, 5) is 2.68. The Balaban J connectivity index is 0.00000144. The average Bonchev–Trinajstić information content (AvgIpc) is 2.28. The van der Waals surface area contributed by atoms with Gasteiger partial charge in [0.25, 0.3) is 0 Å². The Hall–Kier alpha value is 0.210. The normalized spacial score (nSPS) is 35.3. The second-order valence-corrected chi connectivity index (χ2v) is 6.02. The van der Waals surface area contributed by atoms with Crippen molar-refractivity contribution in [3.8, 4) is 0 Å². The molecule has 2 nitrogen and oxygen atoms in total. The van der Waals surface area contributed by atoms with E-state index in [2.05, 4.69) is 24.1 Å². The van der Waals surface area contributed by atoms with E-state index < -0.39 is 0 Å². The van der Waals surface area contributed by atoms with Crippen molar-refractivity contribution in [1.29, 1.82) is 0 Å². The monoisotopic (exact) mass is 260 g/mol. The largest absolute Gasteiger partial charge is 0.314 e. The van der Waals surface area contributed by atoms with E-state index in [1.54, 1.807) is 0 Å². The summed E-state index contributed by atoms with van der Waals surface area (Å²) in [6.45, 7) is 9.74. The first kappa shape index (κ1) is 15.3. The predicted molar refractivity (Wildman–Crippen MR) is 76.9 cm³/mol. The summed E-state index contributed by atoms with van der Waals surface area (Å²) in [6, 6.07) is 0.745. The molecular weight excluding hydrogens is 232 g/mol. The maximum Gasteiger partial charge on any atom is 0.0192 e. The van der Waals surface area contributed by atoms with Crippen molar-refractivity contribution in [3.63, 3.8) is 0 Å². The molecule has 17 heavy (non-hydrogen) atoms. The lowest BCUT2D eigenvalue weighted by Gasteiger charge is -2.36. The van der Waals surface area contributed by atoms with E-state index in [1.165, 1.54) is 58.3 Å². The van der Waals surface area contributed by atoms with Gasteiger partial charge in [-0.2, -0.15) is 0 Å². The van der Waals surface area contributed by atoms with Crippen molar-refractivity contribution in [2.45, 2.75) is 52.0 Å². The number of halogens is 1. The smallest absolute Gasteiger partial charge is 0.0192 e. The van der Waals surface area contributed by atoms with Crippen LogP contribution in [0.4, 0.5) is 0 Å². The zero-order chi connectivity index (χ0) is 11.4. The van der Waals surface area contributed by atoms with Crippen molar-refractivity contribution in [2.75, 3.05) is 26.2 Å². The van der Waals surface area contributed by atoms with E-state index in [4.69, 9.17) is 0 Å². The first-order valence-corrected chi connectivity index (χ1v) is 7.20. The van der Waals surface area contributed by atoms with Gasteiger partial charge in [0.05, 0.1) is 0 Å². The Morgan fingerprint density at radius 3 is 2.76 bits per heavy atom. The summed E-state index contributed by atoms with van der Waals surface area (Å²) >= 11 is 0. The van der Waals surface area contributed by atoms with Crippen LogP contribution in [0.15, 0.2) is 0 Å². The Kier molecular flexibility index (Phi) is 6.83. The molecule has 102 valence electrons. The van der Waals surface area contributed by atoms with Crippen molar-refractivity contribution < 1.29 is 0 Å². The molecule has 1 heterocycles. The van der Waals surface area contributed by atoms with Crippen molar-refractivity contribution in [1.82, 2.24) is 10.2 Å². The molecule has 2 rings (SSSR count). The molecule has 3 heteroatoms. The van der Waals surface area contributed by atoms with Crippen LogP contribution in [0.5, 0.6) is 0 Å². The summed E-state index contributed by atoms with van der Waals surface area (Å²) < 4.78 is 0. The lowest BCUT2D eigenvalue weighted by Crippen LogP contribution is -2.50. The van der Waals surface area contributed by atoms with Crippen LogP contribution in [-0.2, 0) is 0 Å². The van der Waals surface area contributed by atoms with Crippen LogP contribution in [0.25, 0.3) is 0 Å². The van der Waals surface area contributed by atoms with Crippen molar-refractivity contribution in [2.24, 2.45) is 11.8 Å². The molecule has 0 spiro atoms. The highest BCUT2D eigenvalue weighted by atomic mass is 35.5. The first-order chi connectivity index (χ1) is 7.75. The molecule has 1 N–H and O–H groups in total. The van der Waals surface area contributed by atoms with E-state index in [0.717, 1.165) is 17.9 Å². The third-order valence-corrected chi connectivity index (χ3v) is 4.51. The van der Waals surface area contributed by atoms with Gasteiger partial charge in [-0.05, 0) is 38.1 Å². The molecule has 0 radical (unpaired) electrons. The lowest BCUT2D eigenvalue weighted by atomic mass is 9.81. The Morgan fingerprint density at radius 1 is 1.24 bits per heavy atom. The first-order valence-electron chi connectivity index (χ1n) is 7.20. The maximum absolute atomic E-state index is 3.47. The Morgan fingerprint density at radius 2 is 2.06 bits per heavy atom. The number of piperazine rings is 1. The topological polar surface area (TPSA) is 15.3 Å². The molecule has 3 unspecified atom stereocenters. The van der Waals surface area contributed by atoms with Gasteiger partial charge in [0, 0.05) is 25.7 Å². The van der Waals surface area contributed by atoms with Crippen LogP contribution in [0.2, 0.25) is 0 Å². The molecule has 0 aromatic rings. The number of rotatable bonds is 3. The van der Waals surface area contributed by atoms with Crippen LogP contribution in [0, 0.1) is 11.8 Å². The van der Waals surface area contributed by atoms with Gasteiger partial charge in [0.15, 0.2) is 0 Å². The van der Waals surface area contributed by atoms with E-state index in [-0.39, 0.29) is 12.4 Å². The summed E-state index contributed by atoms with van der Waals surface area (Å²) in [5.74, 6) is 2.00. The Bertz CT molecular complexity index is 210. The number of nitrogens with one attached hydrogen (secondary N) is 1. The Labute approximate surface area is 113 Å². The fourth-order valence-corrected chi connectivity index (χ4v) is 3.39. The van der Waals surface area contributed by atoms with Gasteiger partial charge in [-0.25, -0.2) is 0 Å².